The molecule has 1 unspecified atom stereocenters. The van der Waals surface area contributed by atoms with Gasteiger partial charge in [0.2, 0.25) is 5.78 Å². The van der Waals surface area contributed by atoms with Crippen LogP contribution in [0.3, 0.4) is 0 Å². The molecule has 0 spiro atoms. The second kappa shape index (κ2) is 5.03. The number of ether oxygens (including phenoxy) is 1. The summed E-state index contributed by atoms with van der Waals surface area (Å²) in [6, 6.07) is 3.67. The van der Waals surface area contributed by atoms with E-state index >= 15 is 0 Å². The van der Waals surface area contributed by atoms with Gasteiger partial charge in [0.25, 0.3) is 0 Å². The highest BCUT2D eigenvalue weighted by atomic mass is 32.1. The Kier molecular flexibility index (Phi) is 3.35. The SMILES string of the molecule is Cc1sc2c(c1C(=O)c1cccs1)CCC2OC(=O)O. The van der Waals surface area contributed by atoms with Gasteiger partial charge in [0.05, 0.1) is 4.88 Å². The number of hydrogen-bond donors (Lipinski definition) is 1. The lowest BCUT2D eigenvalue weighted by Gasteiger charge is -2.07. The quantitative estimate of drug-likeness (QED) is 0.687. The number of carbonyl (C=O) groups excluding carboxylic acids is 1. The van der Waals surface area contributed by atoms with Crippen molar-refractivity contribution in [1.82, 2.24) is 0 Å². The van der Waals surface area contributed by atoms with Crippen molar-refractivity contribution < 1.29 is 19.4 Å². The third-order valence-electron chi connectivity index (χ3n) is 3.38. The lowest BCUT2D eigenvalue weighted by Crippen LogP contribution is -2.04. The molecule has 3 rings (SSSR count). The molecule has 0 saturated heterocycles. The summed E-state index contributed by atoms with van der Waals surface area (Å²) < 4.78 is 4.89. The number of rotatable bonds is 3. The Balaban J connectivity index is 1.99. The van der Waals surface area contributed by atoms with E-state index in [-0.39, 0.29) is 5.78 Å². The van der Waals surface area contributed by atoms with Crippen LogP contribution >= 0.6 is 22.7 Å². The number of thiophene rings is 2. The number of carbonyl (C=O) groups is 2. The van der Waals surface area contributed by atoms with Gasteiger partial charge in [-0.05, 0) is 36.8 Å². The van der Waals surface area contributed by atoms with Crippen molar-refractivity contribution in [3.05, 3.63) is 43.3 Å². The van der Waals surface area contributed by atoms with E-state index in [1.54, 1.807) is 0 Å². The van der Waals surface area contributed by atoms with E-state index in [4.69, 9.17) is 9.84 Å². The van der Waals surface area contributed by atoms with Crippen LogP contribution < -0.4 is 0 Å². The van der Waals surface area contributed by atoms with Gasteiger partial charge in [-0.2, -0.15) is 0 Å². The Hall–Kier alpha value is -1.66. The van der Waals surface area contributed by atoms with Crippen LogP contribution in [0.5, 0.6) is 0 Å². The average Bonchev–Trinajstić information content (AvgIpc) is 3.06. The molecule has 0 bridgehead atoms. The Bertz CT molecular complexity index is 670. The van der Waals surface area contributed by atoms with Crippen LogP contribution in [0.2, 0.25) is 0 Å². The fourth-order valence-corrected chi connectivity index (χ4v) is 4.53. The summed E-state index contributed by atoms with van der Waals surface area (Å²) >= 11 is 2.90. The zero-order valence-electron chi connectivity index (χ0n) is 10.7. The normalized spacial score (nSPS) is 16.9. The smallest absolute Gasteiger partial charge is 0.450 e. The van der Waals surface area contributed by atoms with E-state index in [1.165, 1.54) is 22.7 Å². The maximum Gasteiger partial charge on any atom is 0.506 e. The van der Waals surface area contributed by atoms with Gasteiger partial charge in [-0.3, -0.25) is 4.79 Å². The highest BCUT2D eigenvalue weighted by Gasteiger charge is 2.33. The molecule has 104 valence electrons. The van der Waals surface area contributed by atoms with E-state index in [2.05, 4.69) is 0 Å². The summed E-state index contributed by atoms with van der Waals surface area (Å²) in [5.41, 5.74) is 1.71. The minimum absolute atomic E-state index is 0.0333. The Morgan fingerprint density at radius 3 is 2.90 bits per heavy atom. The minimum atomic E-state index is -1.26. The van der Waals surface area contributed by atoms with Crippen LogP contribution in [-0.2, 0) is 11.2 Å². The van der Waals surface area contributed by atoms with Crippen LogP contribution in [0.1, 0.15) is 43.1 Å². The zero-order valence-corrected chi connectivity index (χ0v) is 12.3. The maximum atomic E-state index is 12.5. The monoisotopic (exact) mass is 308 g/mol. The predicted molar refractivity (Wildman–Crippen MR) is 77.0 cm³/mol. The van der Waals surface area contributed by atoms with Crippen LogP contribution in [0.4, 0.5) is 4.79 Å². The molecular weight excluding hydrogens is 296 g/mol. The van der Waals surface area contributed by atoms with Gasteiger partial charge in [-0.15, -0.1) is 22.7 Å². The molecule has 2 heterocycles. The van der Waals surface area contributed by atoms with Crippen LogP contribution in [0.15, 0.2) is 17.5 Å². The molecule has 0 aliphatic heterocycles. The molecule has 0 fully saturated rings. The molecule has 1 aliphatic carbocycles. The molecule has 0 amide bonds. The Morgan fingerprint density at radius 2 is 2.25 bits per heavy atom. The molecule has 2 aromatic heterocycles. The molecule has 4 nitrogen and oxygen atoms in total. The Labute approximate surface area is 123 Å². The number of hydrogen-bond acceptors (Lipinski definition) is 5. The summed E-state index contributed by atoms with van der Waals surface area (Å²) in [7, 11) is 0. The average molecular weight is 308 g/mol. The van der Waals surface area contributed by atoms with Crippen LogP contribution in [0.25, 0.3) is 0 Å². The Morgan fingerprint density at radius 1 is 1.45 bits per heavy atom. The number of carboxylic acid groups (broad SMARTS) is 1. The zero-order chi connectivity index (χ0) is 14.3. The largest absolute Gasteiger partial charge is 0.506 e. The molecule has 0 saturated carbocycles. The third-order valence-corrected chi connectivity index (χ3v) is 5.49. The van der Waals surface area contributed by atoms with E-state index in [0.717, 1.165) is 25.8 Å². The second-order valence-corrected chi connectivity index (χ2v) is 6.80. The van der Waals surface area contributed by atoms with Crippen LogP contribution in [-0.4, -0.2) is 17.0 Å². The third kappa shape index (κ3) is 2.14. The molecule has 20 heavy (non-hydrogen) atoms. The lowest BCUT2D eigenvalue weighted by atomic mass is 10.0. The molecule has 1 N–H and O–H groups in total. The van der Waals surface area contributed by atoms with Gasteiger partial charge in [-0.1, -0.05) is 6.07 Å². The first-order valence-electron chi connectivity index (χ1n) is 6.18. The van der Waals surface area contributed by atoms with E-state index in [1.807, 2.05) is 24.4 Å². The molecule has 0 radical (unpaired) electrons. The van der Waals surface area contributed by atoms with Gasteiger partial charge in [0.15, 0.2) is 0 Å². The minimum Gasteiger partial charge on any atom is -0.450 e. The van der Waals surface area contributed by atoms with Crippen molar-refractivity contribution >= 4 is 34.6 Å². The summed E-state index contributed by atoms with van der Waals surface area (Å²) in [6.45, 7) is 1.90. The fourth-order valence-electron chi connectivity index (χ4n) is 2.59. The lowest BCUT2D eigenvalue weighted by molar-refractivity contribution is 0.0532. The van der Waals surface area contributed by atoms with Crippen molar-refractivity contribution in [3.63, 3.8) is 0 Å². The predicted octanol–water partition coefficient (Wildman–Crippen LogP) is 4.03. The molecule has 6 heteroatoms. The van der Waals surface area contributed by atoms with Crippen molar-refractivity contribution in [2.24, 2.45) is 0 Å². The van der Waals surface area contributed by atoms with Gasteiger partial charge in [0, 0.05) is 15.3 Å². The second-order valence-electron chi connectivity index (χ2n) is 4.59. The summed E-state index contributed by atoms with van der Waals surface area (Å²) in [4.78, 5) is 25.8. The molecule has 0 aromatic carbocycles. The molecular formula is C14H12O4S2. The molecule has 1 atom stereocenters. The summed E-state index contributed by atoms with van der Waals surface area (Å²) in [6.07, 6.45) is -0.362. The summed E-state index contributed by atoms with van der Waals surface area (Å²) in [5, 5.41) is 10.6. The summed E-state index contributed by atoms with van der Waals surface area (Å²) in [5.74, 6) is 0.0333. The van der Waals surface area contributed by atoms with Gasteiger partial charge >= 0.3 is 6.16 Å². The number of ketones is 1. The molecule has 2 aromatic rings. The van der Waals surface area contributed by atoms with Gasteiger partial charge in [-0.25, -0.2) is 4.79 Å². The highest BCUT2D eigenvalue weighted by Crippen LogP contribution is 2.43. The maximum absolute atomic E-state index is 12.5. The van der Waals surface area contributed by atoms with Crippen molar-refractivity contribution in [2.45, 2.75) is 25.9 Å². The van der Waals surface area contributed by atoms with E-state index < -0.39 is 12.3 Å². The number of aryl methyl sites for hydroxylation is 1. The topological polar surface area (TPSA) is 63.6 Å². The molecule has 1 aliphatic rings. The van der Waals surface area contributed by atoms with Crippen molar-refractivity contribution in [2.75, 3.05) is 0 Å². The van der Waals surface area contributed by atoms with Gasteiger partial charge < -0.3 is 9.84 Å². The standard InChI is InChI=1S/C14H12O4S2/c1-7-11(12(15)10-3-2-6-19-10)8-4-5-9(13(8)20-7)18-14(16)17/h2-3,6,9H,4-5H2,1H3,(H,16,17). The number of fused-ring (bicyclic) bond motifs is 1. The van der Waals surface area contributed by atoms with Crippen molar-refractivity contribution in [3.8, 4) is 0 Å². The van der Waals surface area contributed by atoms with Crippen molar-refractivity contribution in [1.29, 1.82) is 0 Å². The van der Waals surface area contributed by atoms with E-state index in [0.29, 0.717) is 12.8 Å². The fraction of sp³-hybridized carbons (Fsp3) is 0.286. The first kappa shape index (κ1) is 13.3. The van der Waals surface area contributed by atoms with Gasteiger partial charge in [0.1, 0.15) is 6.10 Å². The first-order valence-corrected chi connectivity index (χ1v) is 7.87. The van der Waals surface area contributed by atoms with E-state index in [9.17, 15) is 9.59 Å². The van der Waals surface area contributed by atoms with Crippen LogP contribution in [0, 0.1) is 6.92 Å². The first-order chi connectivity index (χ1) is 9.58. The highest BCUT2D eigenvalue weighted by molar-refractivity contribution is 7.13.